The number of ether oxygens (including phenoxy) is 2. The molecule has 0 atom stereocenters. The number of nitrogens with zero attached hydrogens (tertiary/aromatic N) is 2. The van der Waals surface area contributed by atoms with Gasteiger partial charge in [0.1, 0.15) is 24.6 Å². The van der Waals surface area contributed by atoms with Crippen LogP contribution >= 0.6 is 0 Å². The van der Waals surface area contributed by atoms with Crippen LogP contribution in [0.3, 0.4) is 0 Å². The first-order chi connectivity index (χ1) is 10.3. The van der Waals surface area contributed by atoms with E-state index in [1.807, 2.05) is 48.5 Å². The van der Waals surface area contributed by atoms with Crippen LogP contribution in [0, 0.1) is 0 Å². The van der Waals surface area contributed by atoms with Gasteiger partial charge in [-0.15, -0.1) is 0 Å². The molecule has 21 heavy (non-hydrogen) atoms. The third kappa shape index (κ3) is 2.84. The molecule has 0 unspecified atom stereocenters. The number of hydrogen-bond donors (Lipinski definition) is 0. The van der Waals surface area contributed by atoms with Crippen LogP contribution in [0.15, 0.2) is 48.5 Å². The van der Waals surface area contributed by atoms with Crippen LogP contribution in [0.5, 0.6) is 11.5 Å². The maximum atomic E-state index is 5.18. The normalized spacial score (nSPS) is 14.0. The molecular formula is C17H18N2O2. The van der Waals surface area contributed by atoms with Crippen molar-refractivity contribution in [1.29, 1.82) is 0 Å². The number of benzene rings is 2. The van der Waals surface area contributed by atoms with Gasteiger partial charge in [0.2, 0.25) is 6.34 Å². The third-order valence-electron chi connectivity index (χ3n) is 3.56. The molecule has 0 spiro atoms. The second kappa shape index (κ2) is 5.87. The van der Waals surface area contributed by atoms with Crippen molar-refractivity contribution in [1.82, 2.24) is 0 Å². The quantitative estimate of drug-likeness (QED) is 0.637. The topological polar surface area (TPSA) is 24.7 Å². The Kier molecular flexibility index (Phi) is 3.77. The van der Waals surface area contributed by atoms with Crippen molar-refractivity contribution in [3.05, 3.63) is 48.5 Å². The van der Waals surface area contributed by atoms with Gasteiger partial charge < -0.3 is 18.9 Å². The predicted octanol–water partition coefficient (Wildman–Crippen LogP) is 2.77. The lowest BCUT2D eigenvalue weighted by molar-refractivity contribution is -0.424. The first-order valence-corrected chi connectivity index (χ1v) is 6.89. The highest BCUT2D eigenvalue weighted by atomic mass is 16.5. The first kappa shape index (κ1) is 13.5. The van der Waals surface area contributed by atoms with Crippen molar-refractivity contribution in [2.75, 3.05) is 32.2 Å². The zero-order chi connectivity index (χ0) is 14.7. The van der Waals surface area contributed by atoms with Gasteiger partial charge in [-0.25, -0.2) is 0 Å². The van der Waals surface area contributed by atoms with Crippen LogP contribution in [0.25, 0.3) is 0 Å². The molecule has 3 rings (SSSR count). The van der Waals surface area contributed by atoms with Crippen LogP contribution in [0.2, 0.25) is 0 Å². The lowest BCUT2D eigenvalue weighted by Gasteiger charge is -2.13. The molecule has 1 aliphatic rings. The van der Waals surface area contributed by atoms with E-state index >= 15 is 0 Å². The summed E-state index contributed by atoms with van der Waals surface area (Å²) in [5, 5.41) is 0. The van der Waals surface area contributed by atoms with E-state index in [0.717, 1.165) is 36.0 Å². The van der Waals surface area contributed by atoms with E-state index < -0.39 is 0 Å². The highest BCUT2D eigenvalue weighted by Gasteiger charge is 2.15. The highest BCUT2D eigenvalue weighted by molar-refractivity contribution is 5.78. The van der Waals surface area contributed by atoms with Crippen molar-refractivity contribution in [2.45, 2.75) is 0 Å². The van der Waals surface area contributed by atoms with Crippen LogP contribution in [0.4, 0.5) is 11.4 Å². The minimum atomic E-state index is 0.866. The SMILES string of the molecule is COc1ccc(N2[C-]=[N+](c3ccc(OC)cc3)CC2)cc1. The Morgan fingerprint density at radius 2 is 1.48 bits per heavy atom. The summed E-state index contributed by atoms with van der Waals surface area (Å²) in [5.74, 6) is 1.73. The minimum Gasteiger partial charge on any atom is -0.497 e. The van der Waals surface area contributed by atoms with Gasteiger partial charge in [0.05, 0.1) is 14.2 Å². The van der Waals surface area contributed by atoms with Crippen LogP contribution < -0.4 is 14.4 Å². The maximum Gasteiger partial charge on any atom is 0.206 e. The largest absolute Gasteiger partial charge is 0.497 e. The standard InChI is InChI=1S/C17H18N2O2/c1-20-16-7-3-14(4-8-16)18-11-12-19(13-18)15-5-9-17(21-2)10-6-15/h3-10H,11-12H2,1-2H3. The average molecular weight is 282 g/mol. The van der Waals surface area contributed by atoms with E-state index in [1.54, 1.807) is 14.2 Å². The fourth-order valence-corrected chi connectivity index (χ4v) is 2.34. The fraction of sp³-hybridized carbons (Fsp3) is 0.235. The summed E-state index contributed by atoms with van der Waals surface area (Å²) in [4.78, 5) is 2.11. The van der Waals surface area contributed by atoms with E-state index in [2.05, 4.69) is 15.8 Å². The molecule has 2 aromatic carbocycles. The summed E-state index contributed by atoms with van der Waals surface area (Å²) in [7, 11) is 3.35. The smallest absolute Gasteiger partial charge is 0.206 e. The molecule has 0 bridgehead atoms. The van der Waals surface area contributed by atoms with Crippen molar-refractivity contribution < 1.29 is 14.0 Å². The Balaban J connectivity index is 1.79. The lowest BCUT2D eigenvalue weighted by Crippen LogP contribution is -2.17. The van der Waals surface area contributed by atoms with E-state index in [4.69, 9.17) is 9.47 Å². The zero-order valence-corrected chi connectivity index (χ0v) is 12.2. The molecular weight excluding hydrogens is 264 g/mol. The molecule has 0 aromatic heterocycles. The molecule has 1 heterocycles. The summed E-state index contributed by atoms with van der Waals surface area (Å²) >= 11 is 0. The minimum absolute atomic E-state index is 0.866. The molecule has 0 saturated carbocycles. The molecule has 0 N–H and O–H groups in total. The van der Waals surface area contributed by atoms with Gasteiger partial charge in [-0.3, -0.25) is 0 Å². The monoisotopic (exact) mass is 282 g/mol. The molecule has 0 saturated heterocycles. The molecule has 0 aliphatic carbocycles. The number of hydrogen-bond acceptors (Lipinski definition) is 3. The van der Waals surface area contributed by atoms with E-state index in [0.29, 0.717) is 0 Å². The van der Waals surface area contributed by atoms with Gasteiger partial charge >= 0.3 is 0 Å². The van der Waals surface area contributed by atoms with E-state index in [-0.39, 0.29) is 0 Å². The van der Waals surface area contributed by atoms with Gasteiger partial charge in [-0.05, 0) is 24.3 Å². The number of methoxy groups -OCH3 is 2. The summed E-state index contributed by atoms with van der Waals surface area (Å²) < 4.78 is 12.5. The van der Waals surface area contributed by atoms with Gasteiger partial charge in [0, 0.05) is 11.4 Å². The van der Waals surface area contributed by atoms with Gasteiger partial charge in [0.25, 0.3) is 0 Å². The van der Waals surface area contributed by atoms with E-state index in [1.165, 1.54) is 0 Å². The summed E-state index contributed by atoms with van der Waals surface area (Å²) in [5.41, 5.74) is 2.23. The molecule has 0 fully saturated rings. The molecule has 2 aromatic rings. The predicted molar refractivity (Wildman–Crippen MR) is 83.1 cm³/mol. The van der Waals surface area contributed by atoms with Crippen LogP contribution in [-0.4, -0.2) is 38.2 Å². The number of rotatable bonds is 4. The Morgan fingerprint density at radius 3 is 2.05 bits per heavy atom. The van der Waals surface area contributed by atoms with Gasteiger partial charge in [0.15, 0.2) is 0 Å². The Hall–Kier alpha value is -2.49. The lowest BCUT2D eigenvalue weighted by atomic mass is 10.3. The zero-order valence-electron chi connectivity index (χ0n) is 12.2. The van der Waals surface area contributed by atoms with Gasteiger partial charge in [-0.1, -0.05) is 24.3 Å². The van der Waals surface area contributed by atoms with Crippen LogP contribution in [-0.2, 0) is 0 Å². The number of anilines is 1. The molecule has 0 radical (unpaired) electrons. The molecule has 108 valence electrons. The highest BCUT2D eigenvalue weighted by Crippen LogP contribution is 2.23. The third-order valence-corrected chi connectivity index (χ3v) is 3.56. The molecule has 4 heteroatoms. The second-order valence-electron chi connectivity index (χ2n) is 4.80. The van der Waals surface area contributed by atoms with Crippen molar-refractivity contribution in [3.8, 4) is 11.5 Å². The van der Waals surface area contributed by atoms with Crippen molar-refractivity contribution in [3.63, 3.8) is 0 Å². The molecule has 4 nitrogen and oxygen atoms in total. The Bertz CT molecular complexity index is 633. The van der Waals surface area contributed by atoms with E-state index in [9.17, 15) is 0 Å². The van der Waals surface area contributed by atoms with Gasteiger partial charge in [-0.2, -0.15) is 0 Å². The average Bonchev–Trinajstić information content (AvgIpc) is 3.05. The summed E-state index contributed by atoms with van der Waals surface area (Å²) in [6, 6.07) is 16.0. The van der Waals surface area contributed by atoms with Crippen molar-refractivity contribution in [2.24, 2.45) is 0 Å². The maximum absolute atomic E-state index is 5.18. The first-order valence-electron chi connectivity index (χ1n) is 6.89. The van der Waals surface area contributed by atoms with Crippen LogP contribution in [0.1, 0.15) is 0 Å². The molecule has 1 aliphatic heterocycles. The van der Waals surface area contributed by atoms with Crippen molar-refractivity contribution >= 4 is 17.7 Å². The Labute approximate surface area is 124 Å². The summed E-state index contributed by atoms with van der Waals surface area (Å²) in [6.45, 7) is 1.83. The second-order valence-corrected chi connectivity index (χ2v) is 4.80. The molecule has 0 amide bonds. The fourth-order valence-electron chi connectivity index (χ4n) is 2.34. The summed E-state index contributed by atoms with van der Waals surface area (Å²) in [6.07, 6.45) is 3.38. The Morgan fingerprint density at radius 1 is 0.905 bits per heavy atom.